The van der Waals surface area contributed by atoms with Gasteiger partial charge in [-0.25, -0.2) is 0 Å². The van der Waals surface area contributed by atoms with Crippen LogP contribution < -0.4 is 10.1 Å². The monoisotopic (exact) mass is 379 g/mol. The van der Waals surface area contributed by atoms with E-state index in [0.717, 1.165) is 36.3 Å². The molecule has 1 N–H and O–H groups in total. The van der Waals surface area contributed by atoms with Gasteiger partial charge < -0.3 is 10.1 Å². The van der Waals surface area contributed by atoms with Gasteiger partial charge in [0.15, 0.2) is 5.82 Å². The Labute approximate surface area is 164 Å². The molecule has 0 aliphatic rings. The highest BCUT2D eigenvalue weighted by molar-refractivity contribution is 6.04. The number of tetrazole rings is 1. The molecule has 0 unspecified atom stereocenters. The largest absolute Gasteiger partial charge is 0.494 e. The minimum atomic E-state index is -0.180. The number of ether oxygens (including phenoxy) is 1. The topological polar surface area (TPSA) is 81.9 Å². The number of hydrogen-bond acceptors (Lipinski definition) is 5. The molecule has 3 rings (SSSR count). The Morgan fingerprint density at radius 2 is 1.89 bits per heavy atom. The lowest BCUT2D eigenvalue weighted by Crippen LogP contribution is -2.12. The van der Waals surface area contributed by atoms with Crippen LogP contribution in [0.5, 0.6) is 5.75 Å². The molecule has 2 aromatic carbocycles. The molecule has 0 fully saturated rings. The van der Waals surface area contributed by atoms with E-state index >= 15 is 0 Å². The number of carbonyl (C=O) groups excluding carboxylic acids is 1. The van der Waals surface area contributed by atoms with Gasteiger partial charge in [0, 0.05) is 11.3 Å². The van der Waals surface area contributed by atoms with Crippen LogP contribution in [0.15, 0.2) is 42.5 Å². The Balaban J connectivity index is 1.67. The smallest absolute Gasteiger partial charge is 0.255 e. The standard InChI is InChI=1S/C21H25N5O2/c1-4-5-6-13-28-19-11-8-17(9-12-19)21(27)22-18-10-7-15(2)20(14-18)26-16(3)23-24-25-26/h7-12,14H,4-6,13H2,1-3H3,(H,22,27). The van der Waals surface area contributed by atoms with Gasteiger partial charge in [-0.2, -0.15) is 4.68 Å². The van der Waals surface area contributed by atoms with Gasteiger partial charge in [-0.05, 0) is 72.7 Å². The second kappa shape index (κ2) is 9.12. The van der Waals surface area contributed by atoms with E-state index in [9.17, 15) is 4.79 Å². The van der Waals surface area contributed by atoms with E-state index in [1.54, 1.807) is 16.8 Å². The predicted molar refractivity (Wildman–Crippen MR) is 108 cm³/mol. The van der Waals surface area contributed by atoms with E-state index in [0.29, 0.717) is 23.7 Å². The zero-order valence-corrected chi connectivity index (χ0v) is 16.5. The summed E-state index contributed by atoms with van der Waals surface area (Å²) in [5.41, 5.74) is 3.09. The molecular formula is C21H25N5O2. The van der Waals surface area contributed by atoms with Crippen molar-refractivity contribution >= 4 is 11.6 Å². The van der Waals surface area contributed by atoms with E-state index in [1.165, 1.54) is 0 Å². The molecule has 1 aromatic heterocycles. The summed E-state index contributed by atoms with van der Waals surface area (Å²) in [7, 11) is 0. The van der Waals surface area contributed by atoms with E-state index in [4.69, 9.17) is 4.74 Å². The average Bonchev–Trinajstić information content (AvgIpc) is 3.13. The number of anilines is 1. The lowest BCUT2D eigenvalue weighted by Gasteiger charge is -2.11. The van der Waals surface area contributed by atoms with E-state index < -0.39 is 0 Å². The summed E-state index contributed by atoms with van der Waals surface area (Å²) < 4.78 is 7.34. The second-order valence-corrected chi connectivity index (χ2v) is 6.67. The van der Waals surface area contributed by atoms with Crippen molar-refractivity contribution in [1.82, 2.24) is 20.2 Å². The van der Waals surface area contributed by atoms with Crippen LogP contribution in [-0.4, -0.2) is 32.7 Å². The summed E-state index contributed by atoms with van der Waals surface area (Å²) in [5.74, 6) is 1.28. The Kier molecular flexibility index (Phi) is 6.37. The predicted octanol–water partition coefficient (Wildman–Crippen LogP) is 4.10. The molecule has 7 nitrogen and oxygen atoms in total. The number of rotatable bonds is 8. The molecule has 3 aromatic rings. The highest BCUT2D eigenvalue weighted by atomic mass is 16.5. The fraction of sp³-hybridized carbons (Fsp3) is 0.333. The first-order chi connectivity index (χ1) is 13.6. The second-order valence-electron chi connectivity index (χ2n) is 6.67. The summed E-state index contributed by atoms with van der Waals surface area (Å²) >= 11 is 0. The summed E-state index contributed by atoms with van der Waals surface area (Å²) in [5, 5.41) is 14.5. The molecule has 0 aliphatic carbocycles. The number of nitrogens with zero attached hydrogens (tertiary/aromatic N) is 4. The van der Waals surface area contributed by atoms with Crippen LogP contribution in [-0.2, 0) is 0 Å². The van der Waals surface area contributed by atoms with Crippen LogP contribution in [0.3, 0.4) is 0 Å². The van der Waals surface area contributed by atoms with E-state index in [2.05, 4.69) is 27.8 Å². The Morgan fingerprint density at radius 1 is 1.11 bits per heavy atom. The lowest BCUT2D eigenvalue weighted by atomic mass is 10.1. The first kappa shape index (κ1) is 19.5. The number of amides is 1. The fourth-order valence-corrected chi connectivity index (χ4v) is 2.82. The van der Waals surface area contributed by atoms with Crippen LogP contribution in [0, 0.1) is 13.8 Å². The van der Waals surface area contributed by atoms with Gasteiger partial charge in [0.2, 0.25) is 0 Å². The van der Waals surface area contributed by atoms with Crippen molar-refractivity contribution in [3.63, 3.8) is 0 Å². The van der Waals surface area contributed by atoms with Gasteiger partial charge in [-0.3, -0.25) is 4.79 Å². The zero-order valence-electron chi connectivity index (χ0n) is 16.5. The van der Waals surface area contributed by atoms with Crippen molar-refractivity contribution in [3.8, 4) is 11.4 Å². The maximum absolute atomic E-state index is 12.6. The van der Waals surface area contributed by atoms with Crippen LogP contribution in [0.2, 0.25) is 0 Å². The number of carbonyl (C=O) groups is 1. The van der Waals surface area contributed by atoms with Crippen molar-refractivity contribution in [2.24, 2.45) is 0 Å². The first-order valence-electron chi connectivity index (χ1n) is 9.48. The molecule has 0 spiro atoms. The van der Waals surface area contributed by atoms with Crippen LogP contribution in [0.4, 0.5) is 5.69 Å². The zero-order chi connectivity index (χ0) is 19.9. The normalized spacial score (nSPS) is 10.7. The highest BCUT2D eigenvalue weighted by Gasteiger charge is 2.11. The SMILES string of the molecule is CCCCCOc1ccc(C(=O)Nc2ccc(C)c(-n3nnnc3C)c2)cc1. The number of benzene rings is 2. The van der Waals surface area contributed by atoms with Crippen molar-refractivity contribution in [2.75, 3.05) is 11.9 Å². The molecule has 0 bridgehead atoms. The number of aromatic nitrogens is 4. The Hall–Kier alpha value is -3.22. The fourth-order valence-electron chi connectivity index (χ4n) is 2.82. The summed E-state index contributed by atoms with van der Waals surface area (Å²) in [6.07, 6.45) is 3.36. The van der Waals surface area contributed by atoms with Crippen molar-refractivity contribution in [3.05, 3.63) is 59.4 Å². The number of hydrogen-bond donors (Lipinski definition) is 1. The molecular weight excluding hydrogens is 354 g/mol. The minimum Gasteiger partial charge on any atom is -0.494 e. The maximum atomic E-state index is 12.6. The third-order valence-electron chi connectivity index (χ3n) is 4.45. The lowest BCUT2D eigenvalue weighted by molar-refractivity contribution is 0.102. The molecule has 28 heavy (non-hydrogen) atoms. The van der Waals surface area contributed by atoms with Gasteiger partial charge in [0.1, 0.15) is 5.75 Å². The number of unbranched alkanes of at least 4 members (excludes halogenated alkanes) is 2. The molecule has 146 valence electrons. The molecule has 0 aliphatic heterocycles. The van der Waals surface area contributed by atoms with Gasteiger partial charge in [-0.15, -0.1) is 5.10 Å². The Morgan fingerprint density at radius 3 is 2.57 bits per heavy atom. The highest BCUT2D eigenvalue weighted by Crippen LogP contribution is 2.20. The van der Waals surface area contributed by atoms with Gasteiger partial charge >= 0.3 is 0 Å². The quantitative estimate of drug-likeness (QED) is 0.596. The average molecular weight is 379 g/mol. The van der Waals surface area contributed by atoms with Gasteiger partial charge in [0.05, 0.1) is 12.3 Å². The third-order valence-corrected chi connectivity index (χ3v) is 4.45. The molecule has 1 amide bonds. The maximum Gasteiger partial charge on any atom is 0.255 e. The summed E-state index contributed by atoms with van der Waals surface area (Å²) in [4.78, 5) is 12.6. The molecule has 0 atom stereocenters. The van der Waals surface area contributed by atoms with Gasteiger partial charge in [0.25, 0.3) is 5.91 Å². The van der Waals surface area contributed by atoms with Crippen molar-refractivity contribution < 1.29 is 9.53 Å². The molecule has 0 radical (unpaired) electrons. The van der Waals surface area contributed by atoms with E-state index in [1.807, 2.05) is 44.2 Å². The van der Waals surface area contributed by atoms with Crippen LogP contribution >= 0.6 is 0 Å². The minimum absolute atomic E-state index is 0.180. The van der Waals surface area contributed by atoms with Crippen molar-refractivity contribution in [1.29, 1.82) is 0 Å². The van der Waals surface area contributed by atoms with Crippen LogP contribution in [0.1, 0.15) is 47.9 Å². The summed E-state index contributed by atoms with van der Waals surface area (Å²) in [6.45, 7) is 6.66. The third kappa shape index (κ3) is 4.73. The molecule has 1 heterocycles. The van der Waals surface area contributed by atoms with Gasteiger partial charge in [-0.1, -0.05) is 25.8 Å². The molecule has 0 saturated heterocycles. The number of aryl methyl sites for hydroxylation is 2. The molecule has 7 heteroatoms. The van der Waals surface area contributed by atoms with Crippen LogP contribution in [0.25, 0.3) is 5.69 Å². The number of nitrogens with one attached hydrogen (secondary N) is 1. The molecule has 0 saturated carbocycles. The Bertz CT molecular complexity index is 934. The summed E-state index contributed by atoms with van der Waals surface area (Å²) in [6, 6.07) is 12.8. The van der Waals surface area contributed by atoms with E-state index in [-0.39, 0.29) is 5.91 Å². The first-order valence-corrected chi connectivity index (χ1v) is 9.48. The van der Waals surface area contributed by atoms with Crippen molar-refractivity contribution in [2.45, 2.75) is 40.0 Å².